The number of carbonyl (C=O) groups excluding carboxylic acids is 2. The third-order valence-corrected chi connectivity index (χ3v) is 1.06. The highest BCUT2D eigenvalue weighted by Gasteiger charge is 2.01. The molecule has 0 rings (SSSR count). The van der Waals surface area contributed by atoms with Gasteiger partial charge in [-0.25, -0.2) is 9.52 Å². The molecule has 0 atom stereocenters. The molecule has 9 heavy (non-hydrogen) atoms. The number of hydrogen-bond donors (Lipinski definition) is 1. The van der Waals surface area contributed by atoms with Crippen LogP contribution in [0.1, 0.15) is 0 Å². The lowest BCUT2D eigenvalue weighted by molar-refractivity contribution is -0.108. The largest absolute Gasteiger partial charge is 0.354 e. The average molecular weight is 150 g/mol. The van der Waals surface area contributed by atoms with Crippen molar-refractivity contribution in [1.29, 1.82) is 0 Å². The topological polar surface area (TPSA) is 92.7 Å². The second kappa shape index (κ2) is 2.95. The van der Waals surface area contributed by atoms with Gasteiger partial charge in [0.15, 0.2) is 0 Å². The lowest BCUT2D eigenvalue weighted by atomic mass is 11.5. The van der Waals surface area contributed by atoms with Crippen molar-refractivity contribution >= 4 is 22.7 Å². The predicted octanol–water partition coefficient (Wildman–Crippen LogP) is -1.69. The summed E-state index contributed by atoms with van der Waals surface area (Å²) in [5.74, 6) is 0. The SMILES string of the molecule is O=C=NS(=O)(=O)NC=O. The molecule has 0 fully saturated rings. The van der Waals surface area contributed by atoms with Crippen LogP contribution >= 0.6 is 0 Å². The third-order valence-electron chi connectivity index (χ3n) is 0.354. The zero-order valence-corrected chi connectivity index (χ0v) is 4.88. The molecule has 0 spiro atoms. The molecule has 0 unspecified atom stereocenters. The highest BCUT2D eigenvalue weighted by atomic mass is 32.2. The second-order valence-electron chi connectivity index (χ2n) is 0.893. The first-order valence-electron chi connectivity index (χ1n) is 1.67. The summed E-state index contributed by atoms with van der Waals surface area (Å²) in [6, 6.07) is 0. The molecule has 0 saturated heterocycles. The van der Waals surface area contributed by atoms with E-state index in [0.717, 1.165) is 6.08 Å². The Labute approximate surface area is 50.8 Å². The highest BCUT2D eigenvalue weighted by Crippen LogP contribution is 1.77. The van der Waals surface area contributed by atoms with Crippen molar-refractivity contribution in [3.63, 3.8) is 0 Å². The van der Waals surface area contributed by atoms with Gasteiger partial charge < -0.3 is 0 Å². The normalized spacial score (nSPS) is 9.33. The third kappa shape index (κ3) is 3.39. The summed E-state index contributed by atoms with van der Waals surface area (Å²) in [7, 11) is -4.10. The molecule has 0 radical (unpaired) electrons. The fourth-order valence-electron chi connectivity index (χ4n) is 0.136. The van der Waals surface area contributed by atoms with Crippen molar-refractivity contribution in [3.8, 4) is 0 Å². The fourth-order valence-corrected chi connectivity index (χ4v) is 0.409. The molecule has 0 aromatic heterocycles. The Hall–Kier alpha value is -1.20. The van der Waals surface area contributed by atoms with E-state index in [1.807, 2.05) is 0 Å². The monoisotopic (exact) mass is 150 g/mol. The summed E-state index contributed by atoms with van der Waals surface area (Å²) in [6.45, 7) is 0. The molecule has 0 aliphatic rings. The maximum atomic E-state index is 10.1. The summed E-state index contributed by atoms with van der Waals surface area (Å²) >= 11 is 0. The molecule has 0 saturated carbocycles. The summed E-state index contributed by atoms with van der Waals surface area (Å²) in [5, 5.41) is 0. The lowest BCUT2D eigenvalue weighted by Gasteiger charge is -1.85. The Balaban J connectivity index is 4.40. The second-order valence-corrected chi connectivity index (χ2v) is 2.26. The van der Waals surface area contributed by atoms with E-state index in [0.29, 0.717) is 0 Å². The van der Waals surface area contributed by atoms with Crippen molar-refractivity contribution in [2.45, 2.75) is 0 Å². The smallest absolute Gasteiger partial charge is 0.278 e. The van der Waals surface area contributed by atoms with Gasteiger partial charge in [-0.05, 0) is 0 Å². The van der Waals surface area contributed by atoms with E-state index in [-0.39, 0.29) is 6.41 Å². The molecular formula is C2H2N2O4S. The van der Waals surface area contributed by atoms with Gasteiger partial charge in [0.2, 0.25) is 6.41 Å². The van der Waals surface area contributed by atoms with Gasteiger partial charge in [0, 0.05) is 0 Å². The molecule has 50 valence electrons. The summed E-state index contributed by atoms with van der Waals surface area (Å²) < 4.78 is 23.7. The number of hydrogen-bond acceptors (Lipinski definition) is 4. The van der Waals surface area contributed by atoms with Crippen molar-refractivity contribution in [2.24, 2.45) is 4.40 Å². The van der Waals surface area contributed by atoms with Crippen LogP contribution in [0.5, 0.6) is 0 Å². The van der Waals surface area contributed by atoms with Gasteiger partial charge in [-0.2, -0.15) is 8.42 Å². The fraction of sp³-hybridized carbons (Fsp3) is 0. The van der Waals surface area contributed by atoms with Gasteiger partial charge >= 0.3 is 10.2 Å². The predicted molar refractivity (Wildman–Crippen MR) is 26.2 cm³/mol. The van der Waals surface area contributed by atoms with Crippen LogP contribution in [-0.4, -0.2) is 20.9 Å². The van der Waals surface area contributed by atoms with Crippen LogP contribution in [0.2, 0.25) is 0 Å². The number of isocyanates is 1. The molecular weight excluding hydrogens is 148 g/mol. The molecule has 0 aromatic carbocycles. The first-order valence-corrected chi connectivity index (χ1v) is 3.11. The van der Waals surface area contributed by atoms with Crippen LogP contribution in [0.3, 0.4) is 0 Å². The molecule has 7 heteroatoms. The van der Waals surface area contributed by atoms with E-state index in [1.165, 1.54) is 4.72 Å². The van der Waals surface area contributed by atoms with Gasteiger partial charge in [-0.3, -0.25) is 4.79 Å². The Bertz CT molecular complexity index is 235. The molecule has 1 N–H and O–H groups in total. The van der Waals surface area contributed by atoms with Crippen molar-refractivity contribution in [2.75, 3.05) is 0 Å². The van der Waals surface area contributed by atoms with Crippen LogP contribution in [0, 0.1) is 0 Å². The molecule has 1 amide bonds. The molecule has 0 aromatic rings. The van der Waals surface area contributed by atoms with Gasteiger partial charge in [0.1, 0.15) is 0 Å². The van der Waals surface area contributed by atoms with E-state index >= 15 is 0 Å². The molecule has 0 aliphatic heterocycles. The van der Waals surface area contributed by atoms with Gasteiger partial charge in [-0.15, -0.1) is 0 Å². The van der Waals surface area contributed by atoms with Crippen molar-refractivity contribution < 1.29 is 18.0 Å². The minimum absolute atomic E-state index is 0.101. The van der Waals surface area contributed by atoms with Gasteiger partial charge in [-0.1, -0.05) is 4.40 Å². The minimum atomic E-state index is -4.10. The van der Waals surface area contributed by atoms with E-state index in [4.69, 9.17) is 0 Å². The van der Waals surface area contributed by atoms with E-state index in [2.05, 4.69) is 4.40 Å². The van der Waals surface area contributed by atoms with Crippen LogP contribution in [-0.2, 0) is 19.8 Å². The van der Waals surface area contributed by atoms with E-state index < -0.39 is 10.2 Å². The van der Waals surface area contributed by atoms with Crippen LogP contribution < -0.4 is 4.72 Å². The Morgan fingerprint density at radius 3 is 2.44 bits per heavy atom. The van der Waals surface area contributed by atoms with Crippen LogP contribution in [0.15, 0.2) is 4.40 Å². The zero-order valence-electron chi connectivity index (χ0n) is 4.07. The van der Waals surface area contributed by atoms with Crippen LogP contribution in [0.25, 0.3) is 0 Å². The minimum Gasteiger partial charge on any atom is -0.278 e. The summed E-state index contributed by atoms with van der Waals surface area (Å²) in [6.07, 6.45) is 0.657. The number of carbonyl (C=O) groups is 1. The number of nitrogens with one attached hydrogen (secondary N) is 1. The number of nitrogens with zero attached hydrogens (tertiary/aromatic N) is 1. The number of amides is 1. The van der Waals surface area contributed by atoms with Crippen LogP contribution in [0.4, 0.5) is 0 Å². The Morgan fingerprint density at radius 1 is 1.56 bits per heavy atom. The summed E-state index contributed by atoms with van der Waals surface area (Å²) in [4.78, 5) is 18.7. The van der Waals surface area contributed by atoms with E-state index in [1.54, 1.807) is 0 Å². The molecule has 0 bridgehead atoms. The maximum Gasteiger partial charge on any atom is 0.354 e. The molecule has 6 nitrogen and oxygen atoms in total. The zero-order chi connectivity index (χ0) is 7.33. The highest BCUT2D eigenvalue weighted by molar-refractivity contribution is 7.88. The molecule has 0 aliphatic carbocycles. The van der Waals surface area contributed by atoms with E-state index in [9.17, 15) is 18.0 Å². The molecule has 0 heterocycles. The summed E-state index contributed by atoms with van der Waals surface area (Å²) in [5.41, 5.74) is 0. The van der Waals surface area contributed by atoms with Gasteiger partial charge in [0.25, 0.3) is 6.08 Å². The first-order chi connectivity index (χ1) is 4.12. The maximum absolute atomic E-state index is 10.1. The Morgan fingerprint density at radius 2 is 2.11 bits per heavy atom. The lowest BCUT2D eigenvalue weighted by Crippen LogP contribution is -2.18. The quantitative estimate of drug-likeness (QED) is 0.295. The number of rotatable bonds is 3. The Kier molecular flexibility index (Phi) is 2.56. The standard InChI is InChI=1S/C2H2N2O4S/c5-1-3-9(7,8)4-2-6/h1H,(H,3,5). The average Bonchev–Trinajstić information content (AvgIpc) is 1.64. The van der Waals surface area contributed by atoms with Crippen molar-refractivity contribution in [3.05, 3.63) is 0 Å². The van der Waals surface area contributed by atoms with Crippen molar-refractivity contribution in [1.82, 2.24) is 4.72 Å². The van der Waals surface area contributed by atoms with Gasteiger partial charge in [0.05, 0.1) is 0 Å². The first kappa shape index (κ1) is 7.80.